The van der Waals surface area contributed by atoms with E-state index in [-0.39, 0.29) is 11.0 Å². The molecule has 2 heteroatoms. The molecule has 0 aromatic heterocycles. The topological polar surface area (TPSA) is 17.1 Å². The van der Waals surface area contributed by atoms with Crippen LogP contribution in [0.4, 0.5) is 0 Å². The zero-order valence-electron chi connectivity index (χ0n) is 5.14. The Labute approximate surface area is 55.2 Å². The van der Waals surface area contributed by atoms with Crippen LogP contribution >= 0.6 is 12.6 Å². The van der Waals surface area contributed by atoms with Crippen LogP contribution in [0.15, 0.2) is 12.2 Å². The molecule has 1 nitrogen and oxygen atoms in total. The molecule has 0 aromatic carbocycles. The van der Waals surface area contributed by atoms with Crippen LogP contribution in [0.3, 0.4) is 0 Å². The van der Waals surface area contributed by atoms with E-state index >= 15 is 0 Å². The summed E-state index contributed by atoms with van der Waals surface area (Å²) in [7, 11) is 0. The number of carbonyl (C=O) groups is 1. The third-order valence-corrected chi connectivity index (χ3v) is 1.50. The van der Waals surface area contributed by atoms with E-state index < -0.39 is 0 Å². The van der Waals surface area contributed by atoms with Crippen molar-refractivity contribution in [2.75, 3.05) is 0 Å². The molecule has 0 fully saturated rings. The fourth-order valence-electron chi connectivity index (χ4n) is 0.211. The summed E-state index contributed by atoms with van der Waals surface area (Å²) in [5.74, 6) is -0.0988. The van der Waals surface area contributed by atoms with Gasteiger partial charge in [-0.3, -0.25) is 4.79 Å². The summed E-state index contributed by atoms with van der Waals surface area (Å²) in [5, 5.41) is -0.113. The summed E-state index contributed by atoms with van der Waals surface area (Å²) in [4.78, 5) is 10.4. The predicted octanol–water partition coefficient (Wildman–Crippen LogP) is 1.66. The first kappa shape index (κ1) is 7.76. The van der Waals surface area contributed by atoms with Crippen LogP contribution in [0.5, 0.6) is 0 Å². The average Bonchev–Trinajstić information content (AvgIpc) is 1.64. The van der Waals surface area contributed by atoms with Gasteiger partial charge in [0.1, 0.15) is 0 Å². The van der Waals surface area contributed by atoms with E-state index in [1.165, 1.54) is 0 Å². The van der Waals surface area contributed by atoms with Crippen LogP contribution < -0.4 is 0 Å². The standard InChI is InChI=1S/C6H10OS/c1-4(2)5(3)6(7)8/h5H,1H2,2-3H3,(H,7,8). The number of hydrogen-bond acceptors (Lipinski definition) is 1. The van der Waals surface area contributed by atoms with Crippen molar-refractivity contribution in [3.8, 4) is 0 Å². The van der Waals surface area contributed by atoms with Gasteiger partial charge in [-0.2, -0.15) is 0 Å². The molecule has 0 amide bonds. The van der Waals surface area contributed by atoms with Gasteiger partial charge in [-0.15, -0.1) is 12.6 Å². The van der Waals surface area contributed by atoms with Gasteiger partial charge in [0.15, 0.2) is 5.12 Å². The lowest BCUT2D eigenvalue weighted by Crippen LogP contribution is -2.03. The Hall–Kier alpha value is -0.240. The maximum atomic E-state index is 10.4. The Bertz CT molecular complexity index is 104. The number of hydrogen-bond donors (Lipinski definition) is 1. The SMILES string of the molecule is C=C(C)C(C)C(=O)S. The molecular weight excluding hydrogens is 120 g/mol. The molecular formula is C6H10OS. The molecule has 0 spiro atoms. The third-order valence-electron chi connectivity index (χ3n) is 1.11. The second-order valence-corrected chi connectivity index (χ2v) is 2.35. The normalized spacial score (nSPS) is 12.9. The molecule has 0 aliphatic rings. The minimum absolute atomic E-state index is 0.0988. The average molecular weight is 130 g/mol. The van der Waals surface area contributed by atoms with E-state index in [0.717, 1.165) is 5.57 Å². The van der Waals surface area contributed by atoms with Gasteiger partial charge in [0.2, 0.25) is 0 Å². The quantitative estimate of drug-likeness (QED) is 0.444. The van der Waals surface area contributed by atoms with Crippen molar-refractivity contribution in [1.82, 2.24) is 0 Å². The molecule has 0 bridgehead atoms. The fraction of sp³-hybridized carbons (Fsp3) is 0.500. The zero-order chi connectivity index (χ0) is 6.73. The largest absolute Gasteiger partial charge is 0.287 e. The molecule has 46 valence electrons. The maximum Gasteiger partial charge on any atom is 0.192 e. The molecule has 0 saturated carbocycles. The van der Waals surface area contributed by atoms with Gasteiger partial charge in [0.05, 0.1) is 0 Å². The Kier molecular flexibility index (Phi) is 2.84. The van der Waals surface area contributed by atoms with E-state index in [9.17, 15) is 4.79 Å². The molecule has 0 heterocycles. The summed E-state index contributed by atoms with van der Waals surface area (Å²) in [6, 6.07) is 0. The maximum absolute atomic E-state index is 10.4. The summed E-state index contributed by atoms with van der Waals surface area (Å²) in [5.41, 5.74) is 0.866. The Balaban J connectivity index is 3.83. The van der Waals surface area contributed by atoms with Crippen molar-refractivity contribution >= 4 is 17.7 Å². The molecule has 0 aliphatic heterocycles. The van der Waals surface area contributed by atoms with Crippen LogP contribution in [0.25, 0.3) is 0 Å². The molecule has 0 radical (unpaired) electrons. The van der Waals surface area contributed by atoms with Crippen LogP contribution in [0.1, 0.15) is 13.8 Å². The molecule has 0 N–H and O–H groups in total. The molecule has 0 aromatic rings. The third kappa shape index (κ3) is 2.17. The van der Waals surface area contributed by atoms with E-state index in [2.05, 4.69) is 19.2 Å². The van der Waals surface area contributed by atoms with Crippen molar-refractivity contribution in [3.05, 3.63) is 12.2 Å². The van der Waals surface area contributed by atoms with Gasteiger partial charge in [-0.25, -0.2) is 0 Å². The van der Waals surface area contributed by atoms with Gasteiger partial charge in [0.25, 0.3) is 0 Å². The van der Waals surface area contributed by atoms with Gasteiger partial charge in [0, 0.05) is 5.92 Å². The van der Waals surface area contributed by atoms with E-state index in [0.29, 0.717) is 0 Å². The van der Waals surface area contributed by atoms with Crippen molar-refractivity contribution in [2.45, 2.75) is 13.8 Å². The van der Waals surface area contributed by atoms with Gasteiger partial charge >= 0.3 is 0 Å². The fourth-order valence-corrected chi connectivity index (χ4v) is 0.431. The smallest absolute Gasteiger partial charge is 0.192 e. The molecule has 1 unspecified atom stereocenters. The van der Waals surface area contributed by atoms with Gasteiger partial charge in [-0.1, -0.05) is 19.1 Å². The van der Waals surface area contributed by atoms with Crippen LogP contribution in [0, 0.1) is 5.92 Å². The highest BCUT2D eigenvalue weighted by molar-refractivity contribution is 7.96. The lowest BCUT2D eigenvalue weighted by molar-refractivity contribution is -0.112. The lowest BCUT2D eigenvalue weighted by Gasteiger charge is -2.02. The number of thiol groups is 1. The summed E-state index contributed by atoms with van der Waals surface area (Å²) < 4.78 is 0. The molecule has 1 atom stereocenters. The minimum atomic E-state index is -0.113. The van der Waals surface area contributed by atoms with Gasteiger partial charge < -0.3 is 0 Å². The van der Waals surface area contributed by atoms with Crippen molar-refractivity contribution in [1.29, 1.82) is 0 Å². The number of rotatable bonds is 2. The van der Waals surface area contributed by atoms with Crippen LogP contribution in [0.2, 0.25) is 0 Å². The lowest BCUT2D eigenvalue weighted by atomic mass is 10.1. The van der Waals surface area contributed by atoms with Crippen molar-refractivity contribution < 1.29 is 4.79 Å². The highest BCUT2D eigenvalue weighted by Gasteiger charge is 2.06. The molecule has 0 aliphatic carbocycles. The predicted molar refractivity (Wildman–Crippen MR) is 38.0 cm³/mol. The van der Waals surface area contributed by atoms with E-state index in [1.807, 2.05) is 6.92 Å². The second kappa shape index (κ2) is 2.92. The molecule has 0 rings (SSSR count). The van der Waals surface area contributed by atoms with Crippen molar-refractivity contribution in [2.24, 2.45) is 5.92 Å². The van der Waals surface area contributed by atoms with E-state index in [1.54, 1.807) is 6.92 Å². The second-order valence-electron chi connectivity index (χ2n) is 1.91. The first-order valence-electron chi connectivity index (χ1n) is 2.44. The Morgan fingerprint density at radius 1 is 1.75 bits per heavy atom. The van der Waals surface area contributed by atoms with E-state index in [4.69, 9.17) is 0 Å². The van der Waals surface area contributed by atoms with Crippen LogP contribution in [-0.4, -0.2) is 5.12 Å². The van der Waals surface area contributed by atoms with Crippen LogP contribution in [-0.2, 0) is 4.79 Å². The zero-order valence-corrected chi connectivity index (χ0v) is 6.03. The molecule has 0 saturated heterocycles. The van der Waals surface area contributed by atoms with Crippen molar-refractivity contribution in [3.63, 3.8) is 0 Å². The van der Waals surface area contributed by atoms with Gasteiger partial charge in [-0.05, 0) is 6.92 Å². The Morgan fingerprint density at radius 2 is 2.12 bits per heavy atom. The monoisotopic (exact) mass is 130 g/mol. The highest BCUT2D eigenvalue weighted by atomic mass is 32.1. The number of carbonyl (C=O) groups excluding carboxylic acids is 1. The number of allylic oxidation sites excluding steroid dienone is 1. The first-order chi connectivity index (χ1) is 3.55. The summed E-state index contributed by atoms with van der Waals surface area (Å²) in [6.45, 7) is 7.21. The first-order valence-corrected chi connectivity index (χ1v) is 2.88. The highest BCUT2D eigenvalue weighted by Crippen LogP contribution is 2.08. The minimum Gasteiger partial charge on any atom is -0.287 e. The molecule has 8 heavy (non-hydrogen) atoms. The Morgan fingerprint density at radius 3 is 2.12 bits per heavy atom. The summed E-state index contributed by atoms with van der Waals surface area (Å²) in [6.07, 6.45) is 0. The summed E-state index contributed by atoms with van der Waals surface area (Å²) >= 11 is 3.63.